The number of benzene rings is 1. The lowest BCUT2D eigenvalue weighted by Gasteiger charge is -2.22. The van der Waals surface area contributed by atoms with Crippen LogP contribution in [0.15, 0.2) is 24.3 Å². The van der Waals surface area contributed by atoms with Gasteiger partial charge in [-0.1, -0.05) is 24.3 Å². The van der Waals surface area contributed by atoms with Crippen molar-refractivity contribution < 1.29 is 9.53 Å². The van der Waals surface area contributed by atoms with Crippen molar-refractivity contribution in [3.05, 3.63) is 35.4 Å². The van der Waals surface area contributed by atoms with Gasteiger partial charge >= 0.3 is 0 Å². The second kappa shape index (κ2) is 4.58. The largest absolute Gasteiger partial charge is 0.381 e. The molecule has 15 heavy (non-hydrogen) atoms. The molecular formula is C13H16O2. The van der Waals surface area contributed by atoms with Gasteiger partial charge in [0.15, 0.2) is 5.78 Å². The Morgan fingerprint density at radius 3 is 2.60 bits per heavy atom. The predicted octanol–water partition coefficient (Wildman–Crippen LogP) is 2.78. The van der Waals surface area contributed by atoms with Crippen LogP contribution < -0.4 is 0 Å². The van der Waals surface area contributed by atoms with Crippen LogP contribution >= 0.6 is 0 Å². The van der Waals surface area contributed by atoms with E-state index in [1.54, 1.807) is 6.92 Å². The maximum atomic E-state index is 11.1. The minimum absolute atomic E-state index is 0.126. The van der Waals surface area contributed by atoms with Gasteiger partial charge in [0.25, 0.3) is 0 Å². The fourth-order valence-electron chi connectivity index (χ4n) is 1.99. The Balaban J connectivity index is 2.11. The number of carbonyl (C=O) groups excluding carboxylic acids is 1. The Hall–Kier alpha value is -1.15. The van der Waals surface area contributed by atoms with Crippen LogP contribution in [0.4, 0.5) is 0 Å². The lowest BCUT2D eigenvalue weighted by atomic mass is 9.93. The normalized spacial score (nSPS) is 21.3. The van der Waals surface area contributed by atoms with Crippen molar-refractivity contribution in [1.29, 1.82) is 0 Å². The summed E-state index contributed by atoms with van der Waals surface area (Å²) in [5.74, 6) is 0.640. The van der Waals surface area contributed by atoms with Crippen LogP contribution in [-0.4, -0.2) is 19.0 Å². The molecule has 1 aromatic rings. The smallest absolute Gasteiger partial charge is 0.159 e. The molecule has 1 aromatic carbocycles. The van der Waals surface area contributed by atoms with Gasteiger partial charge < -0.3 is 4.74 Å². The summed E-state index contributed by atoms with van der Waals surface area (Å²) in [6.07, 6.45) is 2.33. The summed E-state index contributed by atoms with van der Waals surface area (Å²) < 4.78 is 5.45. The number of Topliss-reactive ketones (excluding diaryl/α,β-unsaturated/α-hetero) is 1. The zero-order valence-corrected chi connectivity index (χ0v) is 9.03. The van der Waals surface area contributed by atoms with Crippen LogP contribution in [0.2, 0.25) is 0 Å². The fraction of sp³-hybridized carbons (Fsp3) is 0.462. The Labute approximate surface area is 90.3 Å². The molecule has 0 aromatic heterocycles. The molecule has 80 valence electrons. The van der Waals surface area contributed by atoms with Gasteiger partial charge in [-0.2, -0.15) is 0 Å². The van der Waals surface area contributed by atoms with Crippen molar-refractivity contribution in [1.82, 2.24) is 0 Å². The Kier molecular flexibility index (Phi) is 3.17. The van der Waals surface area contributed by atoms with E-state index in [1.165, 1.54) is 12.0 Å². The van der Waals surface area contributed by atoms with Crippen molar-refractivity contribution in [2.45, 2.75) is 25.7 Å². The average molecular weight is 204 g/mol. The fourth-order valence-corrected chi connectivity index (χ4v) is 1.99. The van der Waals surface area contributed by atoms with Crippen molar-refractivity contribution in [2.75, 3.05) is 13.2 Å². The summed E-state index contributed by atoms with van der Waals surface area (Å²) in [7, 11) is 0. The first-order valence-electron chi connectivity index (χ1n) is 5.46. The molecule has 1 fully saturated rings. The average Bonchev–Trinajstić information content (AvgIpc) is 2.30. The van der Waals surface area contributed by atoms with Crippen LogP contribution in [0, 0.1) is 0 Å². The maximum Gasteiger partial charge on any atom is 0.159 e. The summed E-state index contributed by atoms with van der Waals surface area (Å²) in [5, 5.41) is 0. The number of rotatable bonds is 2. The Morgan fingerprint density at radius 2 is 2.07 bits per heavy atom. The van der Waals surface area contributed by atoms with E-state index in [0.29, 0.717) is 5.92 Å². The van der Waals surface area contributed by atoms with E-state index < -0.39 is 0 Å². The third-order valence-corrected chi connectivity index (χ3v) is 2.95. The van der Waals surface area contributed by atoms with Crippen molar-refractivity contribution >= 4 is 5.78 Å². The van der Waals surface area contributed by atoms with Gasteiger partial charge in [-0.3, -0.25) is 4.79 Å². The van der Waals surface area contributed by atoms with Gasteiger partial charge in [-0.15, -0.1) is 0 Å². The Bertz CT molecular complexity index is 334. The summed E-state index contributed by atoms with van der Waals surface area (Å²) >= 11 is 0. The SMILES string of the molecule is CC(=O)c1ccc(C2CCCOC2)cc1. The lowest BCUT2D eigenvalue weighted by Crippen LogP contribution is -2.15. The van der Waals surface area contributed by atoms with Crippen molar-refractivity contribution in [3.8, 4) is 0 Å². The molecule has 1 unspecified atom stereocenters. The maximum absolute atomic E-state index is 11.1. The molecule has 2 heteroatoms. The van der Waals surface area contributed by atoms with Gasteiger partial charge in [0, 0.05) is 18.1 Å². The summed E-state index contributed by atoms with van der Waals surface area (Å²) in [5.41, 5.74) is 2.08. The molecule has 1 aliphatic rings. The van der Waals surface area contributed by atoms with E-state index in [1.807, 2.05) is 12.1 Å². The number of hydrogen-bond acceptors (Lipinski definition) is 2. The minimum atomic E-state index is 0.126. The van der Waals surface area contributed by atoms with Crippen LogP contribution in [0.25, 0.3) is 0 Å². The molecule has 0 N–H and O–H groups in total. The van der Waals surface area contributed by atoms with Gasteiger partial charge in [-0.25, -0.2) is 0 Å². The van der Waals surface area contributed by atoms with Crippen LogP contribution in [-0.2, 0) is 4.74 Å². The molecule has 0 amide bonds. The van der Waals surface area contributed by atoms with E-state index in [2.05, 4.69) is 12.1 Å². The molecular weight excluding hydrogens is 188 g/mol. The molecule has 1 saturated heterocycles. The zero-order chi connectivity index (χ0) is 10.7. The van der Waals surface area contributed by atoms with E-state index in [9.17, 15) is 4.79 Å². The van der Waals surface area contributed by atoms with E-state index in [4.69, 9.17) is 4.74 Å². The topological polar surface area (TPSA) is 26.3 Å². The van der Waals surface area contributed by atoms with E-state index >= 15 is 0 Å². The van der Waals surface area contributed by atoms with Gasteiger partial charge in [0.1, 0.15) is 0 Å². The van der Waals surface area contributed by atoms with E-state index in [0.717, 1.165) is 25.2 Å². The molecule has 0 saturated carbocycles. The van der Waals surface area contributed by atoms with Gasteiger partial charge in [-0.05, 0) is 25.3 Å². The second-order valence-electron chi connectivity index (χ2n) is 4.09. The molecule has 0 radical (unpaired) electrons. The number of carbonyl (C=O) groups is 1. The monoisotopic (exact) mass is 204 g/mol. The van der Waals surface area contributed by atoms with Crippen LogP contribution in [0.3, 0.4) is 0 Å². The van der Waals surface area contributed by atoms with Gasteiger partial charge in [0.05, 0.1) is 6.61 Å². The van der Waals surface area contributed by atoms with E-state index in [-0.39, 0.29) is 5.78 Å². The standard InChI is InChI=1S/C13H16O2/c1-10(14)11-4-6-12(7-5-11)13-3-2-8-15-9-13/h4-7,13H,2-3,8-9H2,1H3. The third kappa shape index (κ3) is 2.45. The highest BCUT2D eigenvalue weighted by atomic mass is 16.5. The van der Waals surface area contributed by atoms with Crippen molar-refractivity contribution in [2.24, 2.45) is 0 Å². The molecule has 0 bridgehead atoms. The highest BCUT2D eigenvalue weighted by Gasteiger charge is 2.15. The lowest BCUT2D eigenvalue weighted by molar-refractivity contribution is 0.0804. The highest BCUT2D eigenvalue weighted by Crippen LogP contribution is 2.25. The number of ether oxygens (including phenoxy) is 1. The minimum Gasteiger partial charge on any atom is -0.381 e. The van der Waals surface area contributed by atoms with Gasteiger partial charge in [0.2, 0.25) is 0 Å². The molecule has 2 nitrogen and oxygen atoms in total. The van der Waals surface area contributed by atoms with Crippen LogP contribution in [0.1, 0.15) is 41.6 Å². The second-order valence-corrected chi connectivity index (χ2v) is 4.09. The quantitative estimate of drug-likeness (QED) is 0.692. The molecule has 2 rings (SSSR count). The molecule has 0 aliphatic carbocycles. The Morgan fingerprint density at radius 1 is 1.33 bits per heavy atom. The summed E-state index contributed by atoms with van der Waals surface area (Å²) in [6, 6.07) is 7.92. The molecule has 1 heterocycles. The summed E-state index contributed by atoms with van der Waals surface area (Å²) in [4.78, 5) is 11.1. The number of hydrogen-bond donors (Lipinski definition) is 0. The number of ketones is 1. The zero-order valence-electron chi connectivity index (χ0n) is 9.03. The molecule has 0 spiro atoms. The summed E-state index contributed by atoms with van der Waals surface area (Å²) in [6.45, 7) is 3.31. The highest BCUT2D eigenvalue weighted by molar-refractivity contribution is 5.94. The first-order chi connectivity index (χ1) is 7.27. The van der Waals surface area contributed by atoms with Crippen LogP contribution in [0.5, 0.6) is 0 Å². The third-order valence-electron chi connectivity index (χ3n) is 2.95. The van der Waals surface area contributed by atoms with Crippen molar-refractivity contribution in [3.63, 3.8) is 0 Å². The first kappa shape index (κ1) is 10.4. The molecule has 1 atom stereocenters. The molecule has 1 aliphatic heterocycles. The predicted molar refractivity (Wildman–Crippen MR) is 59.2 cm³/mol. The first-order valence-corrected chi connectivity index (χ1v) is 5.46.